The molecule has 0 unspecified atom stereocenters. The van der Waals surface area contributed by atoms with E-state index in [2.05, 4.69) is 5.10 Å². The summed E-state index contributed by atoms with van der Waals surface area (Å²) in [5.41, 5.74) is -0.595. The van der Waals surface area contributed by atoms with Gasteiger partial charge in [-0.25, -0.2) is 0 Å². The highest BCUT2D eigenvalue weighted by Gasteiger charge is 2.02. The lowest BCUT2D eigenvalue weighted by Gasteiger charge is -1.94. The Kier molecular flexibility index (Phi) is 1.72. The molecule has 0 amide bonds. The summed E-state index contributed by atoms with van der Waals surface area (Å²) in [6.45, 7) is 1.30. The molecule has 0 saturated carbocycles. The van der Waals surface area contributed by atoms with Crippen LogP contribution in [0, 0.1) is 0 Å². The third kappa shape index (κ3) is 1.43. The summed E-state index contributed by atoms with van der Waals surface area (Å²) in [5, 5.41) is 12.0. The minimum atomic E-state index is -0.657. The number of ketones is 1. The molecule has 5 nitrogen and oxygen atoms in total. The highest BCUT2D eigenvalue weighted by molar-refractivity contribution is 5.91. The minimum absolute atomic E-state index is 0.0621. The summed E-state index contributed by atoms with van der Waals surface area (Å²) in [6, 6.07) is 2.33. The molecule has 0 radical (unpaired) electrons. The van der Waals surface area contributed by atoms with E-state index in [9.17, 15) is 9.59 Å². The standard InChI is InChI=1S/C6H6N2O3/c1-4(9)5-2-3-6(10)8(11)7-5/h2-3,11H,1H3. The van der Waals surface area contributed by atoms with Gasteiger partial charge in [0.05, 0.1) is 0 Å². The topological polar surface area (TPSA) is 72.2 Å². The molecule has 1 heterocycles. The van der Waals surface area contributed by atoms with Crippen LogP contribution in [0.4, 0.5) is 0 Å². The molecule has 0 bridgehead atoms. The summed E-state index contributed by atoms with van der Waals surface area (Å²) in [6.07, 6.45) is 0. The summed E-state index contributed by atoms with van der Waals surface area (Å²) in [7, 11) is 0. The zero-order chi connectivity index (χ0) is 8.43. The van der Waals surface area contributed by atoms with Crippen molar-refractivity contribution in [3.63, 3.8) is 0 Å². The van der Waals surface area contributed by atoms with Gasteiger partial charge in [-0.05, 0) is 6.07 Å². The number of carbonyl (C=O) groups excluding carboxylic acids is 1. The van der Waals surface area contributed by atoms with Gasteiger partial charge in [0.1, 0.15) is 5.69 Å². The largest absolute Gasteiger partial charge is 0.409 e. The van der Waals surface area contributed by atoms with Crippen LogP contribution in [0.25, 0.3) is 0 Å². The van der Waals surface area contributed by atoms with Crippen LogP contribution >= 0.6 is 0 Å². The molecule has 1 aromatic rings. The first-order chi connectivity index (χ1) is 5.11. The highest BCUT2D eigenvalue weighted by Crippen LogP contribution is 1.89. The molecular formula is C6H6N2O3. The Morgan fingerprint density at radius 2 is 2.27 bits per heavy atom. The van der Waals surface area contributed by atoms with Crippen LogP contribution < -0.4 is 5.56 Å². The summed E-state index contributed by atoms with van der Waals surface area (Å²) in [5.74, 6) is -0.298. The summed E-state index contributed by atoms with van der Waals surface area (Å²) in [4.78, 5) is 21.3. The van der Waals surface area contributed by atoms with Gasteiger partial charge in [0.15, 0.2) is 5.78 Å². The van der Waals surface area contributed by atoms with E-state index in [-0.39, 0.29) is 16.3 Å². The molecular weight excluding hydrogens is 148 g/mol. The zero-order valence-electron chi connectivity index (χ0n) is 5.81. The number of carbonyl (C=O) groups is 1. The second kappa shape index (κ2) is 2.53. The third-order valence-electron chi connectivity index (χ3n) is 1.14. The quantitative estimate of drug-likeness (QED) is 0.444. The fourth-order valence-corrected chi connectivity index (χ4v) is 0.589. The van der Waals surface area contributed by atoms with E-state index in [1.165, 1.54) is 13.0 Å². The van der Waals surface area contributed by atoms with Crippen molar-refractivity contribution >= 4 is 5.78 Å². The van der Waals surface area contributed by atoms with Crippen molar-refractivity contribution in [2.45, 2.75) is 6.92 Å². The van der Waals surface area contributed by atoms with Crippen molar-refractivity contribution in [1.29, 1.82) is 0 Å². The van der Waals surface area contributed by atoms with Crippen molar-refractivity contribution in [2.24, 2.45) is 0 Å². The Hall–Kier alpha value is -1.65. The maximum atomic E-state index is 10.6. The molecule has 0 aliphatic carbocycles. The fraction of sp³-hybridized carbons (Fsp3) is 0.167. The zero-order valence-corrected chi connectivity index (χ0v) is 5.81. The molecule has 0 fully saturated rings. The van der Waals surface area contributed by atoms with E-state index in [4.69, 9.17) is 5.21 Å². The van der Waals surface area contributed by atoms with Crippen LogP contribution in [0.1, 0.15) is 17.4 Å². The first-order valence-electron chi connectivity index (χ1n) is 2.92. The molecule has 5 heteroatoms. The maximum Gasteiger partial charge on any atom is 0.302 e. The van der Waals surface area contributed by atoms with Gasteiger partial charge >= 0.3 is 5.56 Å². The van der Waals surface area contributed by atoms with Crippen molar-refractivity contribution in [3.8, 4) is 0 Å². The normalized spacial score (nSPS) is 9.55. The van der Waals surface area contributed by atoms with Crippen LogP contribution in [0.15, 0.2) is 16.9 Å². The molecule has 0 aliphatic heterocycles. The van der Waals surface area contributed by atoms with Gasteiger partial charge in [-0.15, -0.1) is 5.10 Å². The van der Waals surface area contributed by atoms with Gasteiger partial charge in [0, 0.05) is 13.0 Å². The third-order valence-corrected chi connectivity index (χ3v) is 1.14. The molecule has 11 heavy (non-hydrogen) atoms. The van der Waals surface area contributed by atoms with Crippen LogP contribution in [0.5, 0.6) is 0 Å². The van der Waals surface area contributed by atoms with Gasteiger partial charge in [0.25, 0.3) is 0 Å². The smallest absolute Gasteiger partial charge is 0.302 e. The van der Waals surface area contributed by atoms with Crippen molar-refractivity contribution in [1.82, 2.24) is 9.94 Å². The summed E-state index contributed by atoms with van der Waals surface area (Å²) < 4.78 is 0. The number of hydrogen-bond acceptors (Lipinski definition) is 4. The second-order valence-electron chi connectivity index (χ2n) is 2.00. The Bertz CT molecular complexity index is 342. The lowest BCUT2D eigenvalue weighted by atomic mass is 10.3. The van der Waals surface area contributed by atoms with Crippen molar-refractivity contribution in [2.75, 3.05) is 0 Å². The molecule has 0 saturated heterocycles. The SMILES string of the molecule is CC(=O)c1ccc(=O)n(O)n1. The van der Waals surface area contributed by atoms with E-state index in [0.717, 1.165) is 6.07 Å². The Balaban J connectivity index is 3.26. The lowest BCUT2D eigenvalue weighted by molar-refractivity contribution is 0.0976. The fourth-order valence-electron chi connectivity index (χ4n) is 0.589. The van der Waals surface area contributed by atoms with E-state index >= 15 is 0 Å². The Labute approximate surface area is 61.9 Å². The van der Waals surface area contributed by atoms with Crippen LogP contribution in [0.2, 0.25) is 0 Å². The molecule has 0 aliphatic rings. The van der Waals surface area contributed by atoms with Gasteiger partial charge < -0.3 is 5.21 Å². The van der Waals surface area contributed by atoms with E-state index in [0.29, 0.717) is 0 Å². The van der Waals surface area contributed by atoms with Gasteiger partial charge in [-0.2, -0.15) is 0 Å². The number of aromatic nitrogens is 2. The highest BCUT2D eigenvalue weighted by atomic mass is 16.5. The predicted molar refractivity (Wildman–Crippen MR) is 35.7 cm³/mol. The monoisotopic (exact) mass is 154 g/mol. The molecule has 58 valence electrons. The second-order valence-corrected chi connectivity index (χ2v) is 2.00. The van der Waals surface area contributed by atoms with Crippen LogP contribution in [0.3, 0.4) is 0 Å². The lowest BCUT2D eigenvalue weighted by Crippen LogP contribution is -2.21. The maximum absolute atomic E-state index is 10.6. The molecule has 0 atom stereocenters. The Morgan fingerprint density at radius 3 is 2.73 bits per heavy atom. The Morgan fingerprint density at radius 1 is 1.64 bits per heavy atom. The average molecular weight is 154 g/mol. The molecule has 1 rings (SSSR count). The van der Waals surface area contributed by atoms with Crippen molar-refractivity contribution < 1.29 is 10.0 Å². The van der Waals surface area contributed by atoms with Crippen LogP contribution in [-0.2, 0) is 0 Å². The van der Waals surface area contributed by atoms with Gasteiger partial charge in [-0.3, -0.25) is 9.59 Å². The van der Waals surface area contributed by atoms with E-state index < -0.39 is 5.56 Å². The number of nitrogens with zero attached hydrogens (tertiary/aromatic N) is 2. The molecule has 0 spiro atoms. The number of hydrogen-bond donors (Lipinski definition) is 1. The van der Waals surface area contributed by atoms with Gasteiger partial charge in [0.2, 0.25) is 0 Å². The van der Waals surface area contributed by atoms with Crippen LogP contribution in [-0.4, -0.2) is 20.9 Å². The molecule has 0 aromatic carbocycles. The van der Waals surface area contributed by atoms with E-state index in [1.54, 1.807) is 0 Å². The van der Waals surface area contributed by atoms with Gasteiger partial charge in [-0.1, -0.05) is 4.85 Å². The first-order valence-corrected chi connectivity index (χ1v) is 2.92. The molecule has 1 aromatic heterocycles. The van der Waals surface area contributed by atoms with Crippen molar-refractivity contribution in [3.05, 3.63) is 28.2 Å². The first kappa shape index (κ1) is 7.46. The number of rotatable bonds is 1. The van der Waals surface area contributed by atoms with E-state index in [1.807, 2.05) is 0 Å². The average Bonchev–Trinajstić information content (AvgIpc) is 1.94. The molecule has 1 N–H and O–H groups in total. The minimum Gasteiger partial charge on any atom is -0.409 e. The number of Topliss-reactive ketones (excluding diaryl/α,β-unsaturated/α-hetero) is 1. The predicted octanol–water partition coefficient (Wildman–Crippen LogP) is -0.317. The summed E-state index contributed by atoms with van der Waals surface area (Å²) >= 11 is 0.